The van der Waals surface area contributed by atoms with Gasteiger partial charge in [-0.1, -0.05) is 0 Å². The summed E-state index contributed by atoms with van der Waals surface area (Å²) in [6.45, 7) is 5.88. The molecular formula is C13H17N3OS. The van der Waals surface area contributed by atoms with Crippen LogP contribution in [0.4, 0.5) is 11.4 Å². The Labute approximate surface area is 110 Å². The van der Waals surface area contributed by atoms with Crippen molar-refractivity contribution in [2.45, 2.75) is 26.0 Å². The molecule has 1 fully saturated rings. The Morgan fingerprint density at radius 2 is 2.28 bits per heavy atom. The van der Waals surface area contributed by atoms with E-state index in [9.17, 15) is 0 Å². The van der Waals surface area contributed by atoms with Gasteiger partial charge in [-0.05, 0) is 26.0 Å². The summed E-state index contributed by atoms with van der Waals surface area (Å²) in [5.41, 5.74) is 10.9. The van der Waals surface area contributed by atoms with Gasteiger partial charge >= 0.3 is 0 Å². The standard InChI is InChI=1S/C13H17N3OS/c1-8-6-17-9(2)5-16(8)10-3-4-11-13(12(10)14)15-7-18-11/h3-4,7-9H,5-6,14H2,1-2H3. The number of benzene rings is 1. The van der Waals surface area contributed by atoms with Gasteiger partial charge in [-0.3, -0.25) is 0 Å². The number of hydrogen-bond acceptors (Lipinski definition) is 5. The van der Waals surface area contributed by atoms with Gasteiger partial charge in [0.1, 0.15) is 5.52 Å². The molecule has 2 heterocycles. The number of nitrogens with two attached hydrogens (primary N) is 1. The Hall–Kier alpha value is -1.33. The van der Waals surface area contributed by atoms with Crippen LogP contribution < -0.4 is 10.6 Å². The van der Waals surface area contributed by atoms with E-state index >= 15 is 0 Å². The Balaban J connectivity index is 2.04. The number of thiazole rings is 1. The van der Waals surface area contributed by atoms with Crippen LogP contribution in [-0.4, -0.2) is 30.3 Å². The number of morpholine rings is 1. The molecule has 0 amide bonds. The topological polar surface area (TPSA) is 51.4 Å². The number of aromatic nitrogens is 1. The third-order valence-corrected chi connectivity index (χ3v) is 4.23. The van der Waals surface area contributed by atoms with E-state index in [0.717, 1.165) is 34.7 Å². The summed E-state index contributed by atoms with van der Waals surface area (Å²) in [7, 11) is 0. The number of nitrogen functional groups attached to an aromatic ring is 1. The summed E-state index contributed by atoms with van der Waals surface area (Å²) in [6, 6.07) is 4.55. The van der Waals surface area contributed by atoms with Crippen molar-refractivity contribution in [2.75, 3.05) is 23.8 Å². The first kappa shape index (κ1) is 11.7. The minimum atomic E-state index is 0.242. The van der Waals surface area contributed by atoms with Crippen LogP contribution in [0, 0.1) is 0 Å². The smallest absolute Gasteiger partial charge is 0.106 e. The molecule has 1 aliphatic rings. The lowest BCUT2D eigenvalue weighted by atomic mass is 10.1. The first-order valence-corrected chi connectivity index (χ1v) is 7.04. The average Bonchev–Trinajstić information content (AvgIpc) is 2.82. The second kappa shape index (κ2) is 4.40. The number of anilines is 2. The quantitative estimate of drug-likeness (QED) is 0.803. The molecule has 3 rings (SSSR count). The van der Waals surface area contributed by atoms with Crippen molar-refractivity contribution in [3.63, 3.8) is 0 Å². The SMILES string of the molecule is CC1CN(c2ccc3scnc3c2N)C(C)CO1. The van der Waals surface area contributed by atoms with Crippen molar-refractivity contribution < 1.29 is 4.74 Å². The van der Waals surface area contributed by atoms with Gasteiger partial charge in [0.2, 0.25) is 0 Å². The van der Waals surface area contributed by atoms with Crippen LogP contribution in [-0.2, 0) is 4.74 Å². The number of ether oxygens (including phenoxy) is 1. The molecule has 1 aromatic carbocycles. The summed E-state index contributed by atoms with van der Waals surface area (Å²) in [5.74, 6) is 0. The second-order valence-electron chi connectivity index (χ2n) is 4.84. The number of fused-ring (bicyclic) bond motifs is 1. The van der Waals surface area contributed by atoms with Gasteiger partial charge in [-0.2, -0.15) is 0 Å². The molecule has 0 saturated carbocycles. The molecular weight excluding hydrogens is 246 g/mol. The largest absolute Gasteiger partial charge is 0.395 e. The molecule has 5 heteroatoms. The van der Waals surface area contributed by atoms with E-state index in [1.165, 1.54) is 0 Å². The average molecular weight is 263 g/mol. The predicted octanol–water partition coefficient (Wildman–Crippen LogP) is 2.49. The Morgan fingerprint density at radius 1 is 1.44 bits per heavy atom. The lowest BCUT2D eigenvalue weighted by Gasteiger charge is -2.39. The minimum Gasteiger partial charge on any atom is -0.395 e. The Morgan fingerprint density at radius 3 is 3.11 bits per heavy atom. The fraction of sp³-hybridized carbons (Fsp3) is 0.462. The van der Waals surface area contributed by atoms with E-state index in [-0.39, 0.29) is 6.10 Å². The summed E-state index contributed by atoms with van der Waals surface area (Å²) < 4.78 is 6.80. The first-order chi connectivity index (χ1) is 8.66. The van der Waals surface area contributed by atoms with Gasteiger partial charge in [0.05, 0.1) is 34.3 Å². The second-order valence-corrected chi connectivity index (χ2v) is 5.73. The van der Waals surface area contributed by atoms with Gasteiger partial charge in [0.15, 0.2) is 0 Å². The lowest BCUT2D eigenvalue weighted by molar-refractivity contribution is 0.0344. The predicted molar refractivity (Wildman–Crippen MR) is 76.3 cm³/mol. The molecule has 0 spiro atoms. The zero-order valence-corrected chi connectivity index (χ0v) is 11.4. The van der Waals surface area contributed by atoms with E-state index in [1.54, 1.807) is 11.3 Å². The molecule has 18 heavy (non-hydrogen) atoms. The molecule has 2 atom stereocenters. The molecule has 1 aromatic heterocycles. The van der Waals surface area contributed by atoms with Crippen molar-refractivity contribution in [1.29, 1.82) is 0 Å². The molecule has 2 N–H and O–H groups in total. The molecule has 0 bridgehead atoms. The molecule has 0 aliphatic carbocycles. The van der Waals surface area contributed by atoms with Gasteiger partial charge in [-0.15, -0.1) is 11.3 Å². The maximum absolute atomic E-state index is 6.26. The van der Waals surface area contributed by atoms with Crippen LogP contribution in [0.5, 0.6) is 0 Å². The highest BCUT2D eigenvalue weighted by Crippen LogP contribution is 2.34. The van der Waals surface area contributed by atoms with E-state index < -0.39 is 0 Å². The van der Waals surface area contributed by atoms with Crippen molar-refractivity contribution in [3.05, 3.63) is 17.6 Å². The van der Waals surface area contributed by atoms with E-state index in [0.29, 0.717) is 6.04 Å². The zero-order chi connectivity index (χ0) is 12.7. The van der Waals surface area contributed by atoms with Gasteiger partial charge in [-0.25, -0.2) is 4.98 Å². The fourth-order valence-corrected chi connectivity index (χ4v) is 3.12. The highest BCUT2D eigenvalue weighted by molar-refractivity contribution is 7.16. The molecule has 2 unspecified atom stereocenters. The molecule has 2 aromatic rings. The summed E-state index contributed by atoms with van der Waals surface area (Å²) in [5, 5.41) is 0. The van der Waals surface area contributed by atoms with Gasteiger partial charge < -0.3 is 15.4 Å². The summed E-state index contributed by atoms with van der Waals surface area (Å²) >= 11 is 1.62. The van der Waals surface area contributed by atoms with Crippen LogP contribution in [0.2, 0.25) is 0 Å². The normalized spacial score (nSPS) is 24.7. The Kier molecular flexibility index (Phi) is 2.87. The third kappa shape index (κ3) is 1.83. The van der Waals surface area contributed by atoms with Crippen LogP contribution in [0.15, 0.2) is 17.6 Å². The van der Waals surface area contributed by atoms with E-state index in [4.69, 9.17) is 10.5 Å². The Bertz CT molecular complexity index is 568. The van der Waals surface area contributed by atoms with Crippen LogP contribution in [0.1, 0.15) is 13.8 Å². The van der Waals surface area contributed by atoms with E-state index in [2.05, 4.69) is 35.9 Å². The lowest BCUT2D eigenvalue weighted by Crippen LogP contribution is -2.47. The van der Waals surface area contributed by atoms with Crippen LogP contribution in [0.25, 0.3) is 10.2 Å². The van der Waals surface area contributed by atoms with E-state index in [1.807, 2.05) is 5.51 Å². The number of hydrogen-bond donors (Lipinski definition) is 1. The van der Waals surface area contributed by atoms with Crippen LogP contribution in [0.3, 0.4) is 0 Å². The maximum atomic E-state index is 6.26. The number of nitrogens with zero attached hydrogens (tertiary/aromatic N) is 2. The van der Waals surface area contributed by atoms with Crippen molar-refractivity contribution in [3.8, 4) is 0 Å². The van der Waals surface area contributed by atoms with Gasteiger partial charge in [0.25, 0.3) is 0 Å². The van der Waals surface area contributed by atoms with Crippen molar-refractivity contribution in [2.24, 2.45) is 0 Å². The molecule has 0 radical (unpaired) electrons. The molecule has 4 nitrogen and oxygen atoms in total. The molecule has 1 saturated heterocycles. The van der Waals surface area contributed by atoms with Crippen molar-refractivity contribution >= 4 is 32.9 Å². The molecule has 96 valence electrons. The summed E-state index contributed by atoms with van der Waals surface area (Å²) in [4.78, 5) is 6.68. The maximum Gasteiger partial charge on any atom is 0.106 e. The summed E-state index contributed by atoms with van der Waals surface area (Å²) in [6.07, 6.45) is 0.242. The third-order valence-electron chi connectivity index (χ3n) is 3.44. The first-order valence-electron chi connectivity index (χ1n) is 6.16. The highest BCUT2D eigenvalue weighted by Gasteiger charge is 2.25. The van der Waals surface area contributed by atoms with Crippen LogP contribution >= 0.6 is 11.3 Å². The monoisotopic (exact) mass is 263 g/mol. The number of rotatable bonds is 1. The van der Waals surface area contributed by atoms with Crippen molar-refractivity contribution in [1.82, 2.24) is 4.98 Å². The minimum absolute atomic E-state index is 0.242. The highest BCUT2D eigenvalue weighted by atomic mass is 32.1. The fourth-order valence-electron chi connectivity index (χ4n) is 2.43. The van der Waals surface area contributed by atoms with Gasteiger partial charge in [0, 0.05) is 12.6 Å². The zero-order valence-electron chi connectivity index (χ0n) is 10.6. The molecule has 1 aliphatic heterocycles.